The van der Waals surface area contributed by atoms with Crippen molar-refractivity contribution in [2.24, 2.45) is 0 Å². The molecule has 12 aromatic rings. The minimum atomic E-state index is -0.118. The van der Waals surface area contributed by atoms with Gasteiger partial charge in [-0.25, -0.2) is 0 Å². The summed E-state index contributed by atoms with van der Waals surface area (Å²) in [5.74, 6) is 0. The largest absolute Gasteiger partial charge is 0.311 e. The number of benzene rings is 11. The molecule has 11 aromatic carbocycles. The molecule has 0 saturated carbocycles. The molecule has 0 aliphatic carbocycles. The lowest BCUT2D eigenvalue weighted by Gasteiger charge is -2.44. The van der Waals surface area contributed by atoms with E-state index >= 15 is 0 Å². The number of para-hydroxylation sites is 1. The van der Waals surface area contributed by atoms with Gasteiger partial charge in [-0.05, 0) is 173 Å². The van der Waals surface area contributed by atoms with Gasteiger partial charge < -0.3 is 14.7 Å². The van der Waals surface area contributed by atoms with E-state index in [1.165, 1.54) is 98.4 Å². The number of hydrogen-bond donors (Lipinski definition) is 0. The molecule has 0 bridgehead atoms. The molecule has 0 saturated heterocycles. The molecule has 89 heavy (non-hydrogen) atoms. The molecule has 5 heteroatoms. The molecule has 0 fully saturated rings. The van der Waals surface area contributed by atoms with Crippen molar-refractivity contribution in [3.63, 3.8) is 0 Å². The SMILES string of the molecule is CC(C)(C)c1ccc(N(c2ccc3c(c2)N(c2ccc(C(C)(C)C)cc2)c2cc(-c4c(-c5ccccc5)cccc4-c4ccccc4)cc4c2B3c2sc3ccc(C(C)(C)C)cc3c2N4c2ccc(C(C)(C)C)cc2)c2ccccc2-c2ccccc2)cc1. The summed E-state index contributed by atoms with van der Waals surface area (Å²) in [6.07, 6.45) is 0. The molecule has 1 aromatic heterocycles. The second-order valence-corrected chi connectivity index (χ2v) is 29.7. The lowest BCUT2D eigenvalue weighted by molar-refractivity contribution is 0.590. The molecule has 14 rings (SSSR count). The van der Waals surface area contributed by atoms with E-state index in [1.54, 1.807) is 0 Å². The lowest BCUT2D eigenvalue weighted by Crippen LogP contribution is -2.60. The first-order chi connectivity index (χ1) is 42.7. The Bertz CT molecular complexity index is 4560. The van der Waals surface area contributed by atoms with Crippen molar-refractivity contribution in [1.82, 2.24) is 0 Å². The molecule has 2 aliphatic heterocycles. The normalized spacial score (nSPS) is 13.1. The maximum Gasteiger partial charge on any atom is 0.264 e. The molecule has 0 unspecified atom stereocenters. The number of rotatable bonds is 9. The number of hydrogen-bond acceptors (Lipinski definition) is 4. The molecule has 0 atom stereocenters. The highest BCUT2D eigenvalue weighted by Crippen LogP contribution is 2.53. The Labute approximate surface area is 532 Å². The standard InChI is InChI=1S/C84H78BN3S/c1-81(2,3)59-35-42-63(43-36-59)86(72-34-23-22-31-67(72)55-25-16-13-17-26-55)66-48-49-71-73(54-66)87(64-44-37-60(38-45-64)82(4,5)6)74-51-58(77-68(56-27-18-14-19-28-56)32-24-33-69(77)57-29-20-15-21-30-57)52-75-78(74)85(71)80-79(70-53-62(84(10,11)12)41-50-76(70)89-80)88(75)65-46-39-61(40-47-65)83(7,8)9/h13-54H,1-12H3. The van der Waals surface area contributed by atoms with Crippen molar-refractivity contribution in [2.45, 2.75) is 105 Å². The Balaban J connectivity index is 1.13. The van der Waals surface area contributed by atoms with Crippen LogP contribution in [0.25, 0.3) is 54.6 Å². The van der Waals surface area contributed by atoms with Crippen molar-refractivity contribution >= 4 is 95.0 Å². The summed E-state index contributed by atoms with van der Waals surface area (Å²) in [5, 5.41) is 1.28. The fourth-order valence-electron chi connectivity index (χ4n) is 13.6. The molecule has 0 amide bonds. The van der Waals surface area contributed by atoms with E-state index in [0.717, 1.165) is 45.4 Å². The van der Waals surface area contributed by atoms with Crippen molar-refractivity contribution < 1.29 is 0 Å². The van der Waals surface area contributed by atoms with Crippen LogP contribution in [0, 0.1) is 0 Å². The maximum atomic E-state index is 2.66. The van der Waals surface area contributed by atoms with Crippen LogP contribution in [0.15, 0.2) is 255 Å². The van der Waals surface area contributed by atoms with E-state index in [2.05, 4.69) is 353 Å². The number of nitrogens with zero attached hydrogens (tertiary/aromatic N) is 3. The third-order valence-electron chi connectivity index (χ3n) is 18.5. The third-order valence-corrected chi connectivity index (χ3v) is 19.7. The fraction of sp³-hybridized carbons (Fsp3) is 0.190. The Morgan fingerprint density at radius 2 is 0.787 bits per heavy atom. The van der Waals surface area contributed by atoms with Gasteiger partial charge in [-0.2, -0.15) is 0 Å². The van der Waals surface area contributed by atoms with Crippen molar-refractivity contribution in [1.29, 1.82) is 0 Å². The monoisotopic (exact) mass is 1170 g/mol. The van der Waals surface area contributed by atoms with Gasteiger partial charge in [0.15, 0.2) is 0 Å². The average Bonchev–Trinajstić information content (AvgIpc) is 1.67. The van der Waals surface area contributed by atoms with E-state index in [-0.39, 0.29) is 28.4 Å². The zero-order valence-corrected chi connectivity index (χ0v) is 54.4. The van der Waals surface area contributed by atoms with Gasteiger partial charge in [0.05, 0.1) is 11.4 Å². The van der Waals surface area contributed by atoms with Crippen LogP contribution in [0.3, 0.4) is 0 Å². The zero-order valence-electron chi connectivity index (χ0n) is 53.6. The summed E-state index contributed by atoms with van der Waals surface area (Å²) in [4.78, 5) is 7.78. The van der Waals surface area contributed by atoms with Gasteiger partial charge >= 0.3 is 0 Å². The summed E-state index contributed by atoms with van der Waals surface area (Å²) in [6, 6.07) is 96.8. The molecule has 0 radical (unpaired) electrons. The predicted molar refractivity (Wildman–Crippen MR) is 387 cm³/mol. The van der Waals surface area contributed by atoms with E-state index in [0.29, 0.717) is 0 Å². The summed E-state index contributed by atoms with van der Waals surface area (Å²) in [6.45, 7) is 27.7. The zero-order chi connectivity index (χ0) is 61.7. The van der Waals surface area contributed by atoms with Crippen LogP contribution in [0.4, 0.5) is 51.2 Å². The molecular formula is C84H78BN3S. The highest BCUT2D eigenvalue weighted by Gasteiger charge is 2.46. The third kappa shape index (κ3) is 10.4. The first-order valence-corrected chi connectivity index (χ1v) is 32.5. The summed E-state index contributed by atoms with van der Waals surface area (Å²) in [5.41, 5.74) is 27.4. The Hall–Kier alpha value is -9.16. The van der Waals surface area contributed by atoms with Crippen LogP contribution in [-0.4, -0.2) is 6.71 Å². The van der Waals surface area contributed by atoms with Gasteiger partial charge in [-0.15, -0.1) is 11.3 Å². The van der Waals surface area contributed by atoms with Gasteiger partial charge in [0.25, 0.3) is 6.71 Å². The summed E-state index contributed by atoms with van der Waals surface area (Å²) in [7, 11) is 0. The maximum absolute atomic E-state index is 2.66. The van der Waals surface area contributed by atoms with Gasteiger partial charge in [-0.1, -0.05) is 259 Å². The topological polar surface area (TPSA) is 9.72 Å². The number of fused-ring (bicyclic) bond motifs is 6. The Morgan fingerprint density at radius 1 is 0.348 bits per heavy atom. The second-order valence-electron chi connectivity index (χ2n) is 28.6. The van der Waals surface area contributed by atoms with Crippen molar-refractivity contribution in [3.8, 4) is 44.5 Å². The van der Waals surface area contributed by atoms with Crippen molar-refractivity contribution in [2.75, 3.05) is 14.7 Å². The predicted octanol–water partition coefficient (Wildman–Crippen LogP) is 22.3. The van der Waals surface area contributed by atoms with E-state index < -0.39 is 0 Å². The molecule has 0 spiro atoms. The molecule has 3 heterocycles. The molecule has 3 nitrogen and oxygen atoms in total. The van der Waals surface area contributed by atoms with Crippen LogP contribution < -0.4 is 30.4 Å². The minimum absolute atomic E-state index is 0.0139. The van der Waals surface area contributed by atoms with E-state index in [1.807, 2.05) is 11.3 Å². The average molecular weight is 1170 g/mol. The highest BCUT2D eigenvalue weighted by molar-refractivity contribution is 7.33. The smallest absolute Gasteiger partial charge is 0.264 e. The number of thiophene rings is 1. The molecular weight excluding hydrogens is 1090 g/mol. The van der Waals surface area contributed by atoms with Crippen LogP contribution in [0.2, 0.25) is 0 Å². The first-order valence-electron chi connectivity index (χ1n) is 31.7. The van der Waals surface area contributed by atoms with Gasteiger partial charge in [0.1, 0.15) is 0 Å². The van der Waals surface area contributed by atoms with Crippen LogP contribution in [0.1, 0.15) is 105 Å². The lowest BCUT2D eigenvalue weighted by atomic mass is 9.36. The van der Waals surface area contributed by atoms with Crippen LogP contribution in [-0.2, 0) is 21.7 Å². The van der Waals surface area contributed by atoms with Gasteiger partial charge in [0.2, 0.25) is 0 Å². The number of anilines is 9. The van der Waals surface area contributed by atoms with Gasteiger partial charge in [0, 0.05) is 60.2 Å². The molecule has 0 N–H and O–H groups in total. The Morgan fingerprint density at radius 3 is 1.31 bits per heavy atom. The minimum Gasteiger partial charge on any atom is -0.311 e. The fourth-order valence-corrected chi connectivity index (χ4v) is 14.9. The molecule has 2 aliphatic rings. The Kier molecular flexibility index (Phi) is 14.1. The summed E-state index contributed by atoms with van der Waals surface area (Å²) < 4.78 is 2.64. The van der Waals surface area contributed by atoms with Crippen LogP contribution in [0.5, 0.6) is 0 Å². The second kappa shape index (κ2) is 21.9. The summed E-state index contributed by atoms with van der Waals surface area (Å²) >= 11 is 1.97. The van der Waals surface area contributed by atoms with Gasteiger partial charge in [-0.3, -0.25) is 0 Å². The van der Waals surface area contributed by atoms with E-state index in [9.17, 15) is 0 Å². The first kappa shape index (κ1) is 57.6. The quantitative estimate of drug-likeness (QED) is 0.133. The van der Waals surface area contributed by atoms with Crippen molar-refractivity contribution in [3.05, 3.63) is 277 Å². The van der Waals surface area contributed by atoms with E-state index in [4.69, 9.17) is 0 Å². The highest BCUT2D eigenvalue weighted by atomic mass is 32.1. The molecule has 438 valence electrons. The van der Waals surface area contributed by atoms with Crippen LogP contribution >= 0.6 is 11.3 Å².